The Hall–Kier alpha value is -2.48. The number of carbonyl (C=O) groups excluding carboxylic acids is 1. The molecule has 1 heterocycles. The minimum absolute atomic E-state index is 0.157. The number of aromatic nitrogens is 2. The van der Waals surface area contributed by atoms with E-state index < -0.39 is 12.0 Å². The van der Waals surface area contributed by atoms with Gasteiger partial charge in [0.25, 0.3) is 0 Å². The number of para-hydroxylation sites is 1. The molecule has 1 aromatic carbocycles. The number of anilines is 2. The van der Waals surface area contributed by atoms with Crippen LogP contribution in [0.25, 0.3) is 0 Å². The molecule has 2 rings (SSSR count). The number of aliphatic carboxylic acids is 1. The number of nitrogens with zero attached hydrogens (tertiary/aromatic N) is 2. The van der Waals surface area contributed by atoms with Crippen LogP contribution in [0.1, 0.15) is 17.5 Å². The number of aryl methyl sites for hydroxylation is 1. The highest BCUT2D eigenvalue weighted by atomic mass is 32.1. The van der Waals surface area contributed by atoms with Gasteiger partial charge in [-0.1, -0.05) is 36.5 Å². The van der Waals surface area contributed by atoms with Crippen LogP contribution in [0.5, 0.6) is 0 Å². The van der Waals surface area contributed by atoms with E-state index in [9.17, 15) is 9.59 Å². The maximum Gasteiger partial charge on any atom is 0.325 e. The molecule has 0 saturated heterocycles. The lowest BCUT2D eigenvalue weighted by Gasteiger charge is -2.09. The molecule has 0 fully saturated rings. The van der Waals surface area contributed by atoms with Crippen molar-refractivity contribution in [2.45, 2.75) is 19.8 Å². The average Bonchev–Trinajstić information content (AvgIpc) is 2.88. The normalized spacial score (nSPS) is 10.1. The molecule has 0 saturated carbocycles. The average molecular weight is 306 g/mol. The van der Waals surface area contributed by atoms with Gasteiger partial charge in [-0.2, -0.15) is 0 Å². The number of urea groups is 1. The summed E-state index contributed by atoms with van der Waals surface area (Å²) in [6.45, 7) is 1.95. The van der Waals surface area contributed by atoms with Crippen molar-refractivity contribution in [2.24, 2.45) is 0 Å². The van der Waals surface area contributed by atoms with Gasteiger partial charge in [0.2, 0.25) is 5.13 Å². The summed E-state index contributed by atoms with van der Waals surface area (Å²) >= 11 is 1.30. The third kappa shape index (κ3) is 4.25. The van der Waals surface area contributed by atoms with Crippen molar-refractivity contribution in [3.05, 3.63) is 34.8 Å². The zero-order valence-corrected chi connectivity index (χ0v) is 12.1. The number of benzene rings is 1. The fraction of sp³-hybridized carbons (Fsp3) is 0.231. The highest BCUT2D eigenvalue weighted by molar-refractivity contribution is 7.15. The number of carboxylic acid groups (broad SMARTS) is 1. The minimum atomic E-state index is -0.957. The zero-order chi connectivity index (χ0) is 15.2. The van der Waals surface area contributed by atoms with Gasteiger partial charge in [0.15, 0.2) is 0 Å². The number of carboxylic acids is 1. The van der Waals surface area contributed by atoms with Crippen molar-refractivity contribution in [1.82, 2.24) is 10.2 Å². The van der Waals surface area contributed by atoms with E-state index >= 15 is 0 Å². The molecule has 2 amide bonds. The van der Waals surface area contributed by atoms with Gasteiger partial charge in [-0.3, -0.25) is 10.1 Å². The van der Waals surface area contributed by atoms with Crippen molar-refractivity contribution in [2.75, 3.05) is 10.6 Å². The first-order chi connectivity index (χ1) is 10.1. The summed E-state index contributed by atoms with van der Waals surface area (Å²) in [5.41, 5.74) is 0.990. The predicted molar refractivity (Wildman–Crippen MR) is 79.7 cm³/mol. The van der Waals surface area contributed by atoms with Gasteiger partial charge < -0.3 is 10.4 Å². The Morgan fingerprint density at radius 3 is 2.67 bits per heavy atom. The van der Waals surface area contributed by atoms with Gasteiger partial charge in [-0.15, -0.1) is 10.2 Å². The maximum atomic E-state index is 11.9. The second-order valence-electron chi connectivity index (χ2n) is 4.16. The van der Waals surface area contributed by atoms with Crippen LogP contribution in [0, 0.1) is 0 Å². The van der Waals surface area contributed by atoms with E-state index in [4.69, 9.17) is 5.11 Å². The first kappa shape index (κ1) is 14.9. The van der Waals surface area contributed by atoms with Crippen LogP contribution in [0.3, 0.4) is 0 Å². The van der Waals surface area contributed by atoms with Gasteiger partial charge in [0.05, 0.1) is 6.42 Å². The highest BCUT2D eigenvalue weighted by Crippen LogP contribution is 2.18. The number of amides is 2. The first-order valence-corrected chi connectivity index (χ1v) is 7.10. The van der Waals surface area contributed by atoms with Crippen molar-refractivity contribution in [1.29, 1.82) is 0 Å². The van der Waals surface area contributed by atoms with E-state index in [-0.39, 0.29) is 6.42 Å². The summed E-state index contributed by atoms with van der Waals surface area (Å²) in [7, 11) is 0. The molecule has 1 aromatic heterocycles. The summed E-state index contributed by atoms with van der Waals surface area (Å²) < 4.78 is 0. The van der Waals surface area contributed by atoms with Crippen LogP contribution < -0.4 is 10.6 Å². The van der Waals surface area contributed by atoms with Crippen LogP contribution in [0.4, 0.5) is 15.6 Å². The molecule has 0 unspecified atom stereocenters. The van der Waals surface area contributed by atoms with Crippen molar-refractivity contribution in [3.63, 3.8) is 0 Å². The topological polar surface area (TPSA) is 104 Å². The van der Waals surface area contributed by atoms with Crippen LogP contribution >= 0.6 is 11.3 Å². The van der Waals surface area contributed by atoms with E-state index in [1.54, 1.807) is 24.3 Å². The fourth-order valence-corrected chi connectivity index (χ4v) is 2.33. The third-order valence-electron chi connectivity index (χ3n) is 2.60. The lowest BCUT2D eigenvalue weighted by molar-refractivity contribution is -0.136. The molecule has 110 valence electrons. The lowest BCUT2D eigenvalue weighted by Crippen LogP contribution is -2.20. The number of nitrogens with one attached hydrogen (secondary N) is 2. The van der Waals surface area contributed by atoms with E-state index in [2.05, 4.69) is 20.8 Å². The largest absolute Gasteiger partial charge is 0.481 e. The van der Waals surface area contributed by atoms with E-state index in [1.165, 1.54) is 11.3 Å². The van der Waals surface area contributed by atoms with Crippen LogP contribution in [0.15, 0.2) is 24.3 Å². The summed E-state index contributed by atoms with van der Waals surface area (Å²) in [5, 5.41) is 23.0. The molecule has 7 nitrogen and oxygen atoms in total. The van der Waals surface area contributed by atoms with Crippen molar-refractivity contribution < 1.29 is 14.7 Å². The van der Waals surface area contributed by atoms with Crippen LogP contribution in [-0.2, 0) is 17.6 Å². The molecule has 2 aromatic rings. The third-order valence-corrected chi connectivity index (χ3v) is 3.58. The van der Waals surface area contributed by atoms with E-state index in [1.807, 2.05) is 6.92 Å². The molecular formula is C13H14N4O3S. The molecule has 8 heteroatoms. The smallest absolute Gasteiger partial charge is 0.325 e. The number of hydrogen-bond donors (Lipinski definition) is 3. The molecule has 0 aliphatic carbocycles. The van der Waals surface area contributed by atoms with Gasteiger partial charge in [0.1, 0.15) is 5.01 Å². The van der Waals surface area contributed by atoms with Crippen LogP contribution in [-0.4, -0.2) is 27.3 Å². The Morgan fingerprint density at radius 1 is 1.24 bits per heavy atom. The quantitative estimate of drug-likeness (QED) is 0.786. The Labute approximate surface area is 125 Å². The van der Waals surface area contributed by atoms with Gasteiger partial charge in [0, 0.05) is 5.69 Å². The minimum Gasteiger partial charge on any atom is -0.481 e. The standard InChI is InChI=1S/C13H14N4O3S/c1-2-10-16-17-13(21-10)15-12(20)14-9-6-4-3-5-8(9)7-11(18)19/h3-6H,2,7H2,1H3,(H,18,19)(H2,14,15,17,20). The molecule has 0 aliphatic rings. The summed E-state index contributed by atoms with van der Waals surface area (Å²) in [6, 6.07) is 6.27. The Kier molecular flexibility index (Phi) is 4.83. The number of hydrogen-bond acceptors (Lipinski definition) is 5. The molecule has 0 radical (unpaired) electrons. The molecule has 21 heavy (non-hydrogen) atoms. The second kappa shape index (κ2) is 6.80. The Balaban J connectivity index is 2.03. The summed E-state index contributed by atoms with van der Waals surface area (Å²) in [5.74, 6) is -0.957. The second-order valence-corrected chi connectivity index (χ2v) is 5.22. The monoisotopic (exact) mass is 306 g/mol. The molecule has 3 N–H and O–H groups in total. The lowest BCUT2D eigenvalue weighted by atomic mass is 10.1. The summed E-state index contributed by atoms with van der Waals surface area (Å²) in [6.07, 6.45) is 0.595. The SMILES string of the molecule is CCc1nnc(NC(=O)Nc2ccccc2CC(=O)O)s1. The Morgan fingerprint density at radius 2 is 2.00 bits per heavy atom. The highest BCUT2D eigenvalue weighted by Gasteiger charge is 2.11. The van der Waals surface area contributed by atoms with Crippen LogP contribution in [0.2, 0.25) is 0 Å². The predicted octanol–water partition coefficient (Wildman–Crippen LogP) is 2.37. The van der Waals surface area contributed by atoms with Gasteiger partial charge in [-0.05, 0) is 18.1 Å². The zero-order valence-electron chi connectivity index (χ0n) is 11.3. The molecular weight excluding hydrogens is 292 g/mol. The van der Waals surface area contributed by atoms with Gasteiger partial charge >= 0.3 is 12.0 Å². The first-order valence-electron chi connectivity index (χ1n) is 6.28. The fourth-order valence-electron chi connectivity index (χ4n) is 1.66. The summed E-state index contributed by atoms with van der Waals surface area (Å²) in [4.78, 5) is 22.7. The number of carbonyl (C=O) groups is 2. The maximum absolute atomic E-state index is 11.9. The molecule has 0 bridgehead atoms. The van der Waals surface area contributed by atoms with Crippen molar-refractivity contribution >= 4 is 34.2 Å². The van der Waals surface area contributed by atoms with E-state index in [0.717, 1.165) is 11.4 Å². The molecule has 0 atom stereocenters. The van der Waals surface area contributed by atoms with E-state index in [0.29, 0.717) is 16.4 Å². The van der Waals surface area contributed by atoms with Crippen molar-refractivity contribution in [3.8, 4) is 0 Å². The van der Waals surface area contributed by atoms with Gasteiger partial charge in [-0.25, -0.2) is 4.79 Å². The number of rotatable bonds is 5. The molecule has 0 aliphatic heterocycles. The Bertz CT molecular complexity index is 656. The molecule has 0 spiro atoms.